The number of H-pyrrole nitrogens is 1. The van der Waals surface area contributed by atoms with E-state index in [1.54, 1.807) is 13.8 Å². The fourth-order valence-corrected chi connectivity index (χ4v) is 4.69. The second kappa shape index (κ2) is 10.5. The number of aromatic amines is 1. The molecule has 0 bridgehead atoms. The number of halogens is 2. The van der Waals surface area contributed by atoms with Crippen molar-refractivity contribution in [1.29, 1.82) is 0 Å². The van der Waals surface area contributed by atoms with Crippen LogP contribution in [0.1, 0.15) is 44.5 Å². The second-order valence-electron chi connectivity index (χ2n) is 7.11. The largest absolute Gasteiger partial charge is 0.477 e. The molecule has 14 heteroatoms. The van der Waals surface area contributed by atoms with Crippen molar-refractivity contribution < 1.29 is 24.3 Å². The van der Waals surface area contributed by atoms with Crippen molar-refractivity contribution in [2.75, 3.05) is 25.1 Å². The number of aromatic carboxylic acids is 1. The van der Waals surface area contributed by atoms with E-state index in [0.29, 0.717) is 47.6 Å². The minimum Gasteiger partial charge on any atom is -0.477 e. The van der Waals surface area contributed by atoms with E-state index in [0.717, 1.165) is 18.4 Å². The summed E-state index contributed by atoms with van der Waals surface area (Å²) < 4.78 is 5.09. The molecule has 1 aliphatic heterocycles. The lowest BCUT2D eigenvalue weighted by molar-refractivity contribution is 0.0702. The number of hydrogen-bond acceptors (Lipinski definition) is 9. The zero-order valence-electron chi connectivity index (χ0n) is 18.0. The number of carboxylic acid groups (broad SMARTS) is 1. The molecule has 33 heavy (non-hydrogen) atoms. The molecule has 0 saturated carbocycles. The first-order chi connectivity index (χ1) is 15.7. The third kappa shape index (κ3) is 5.29. The van der Waals surface area contributed by atoms with Crippen LogP contribution in [0.5, 0.6) is 0 Å². The molecule has 0 aromatic carbocycles. The number of nitrogens with zero attached hydrogens (tertiary/aromatic N) is 4. The van der Waals surface area contributed by atoms with E-state index in [2.05, 4.69) is 25.4 Å². The minimum atomic E-state index is -1.10. The zero-order chi connectivity index (χ0) is 24.3. The lowest BCUT2D eigenvalue weighted by Gasteiger charge is -2.32. The molecule has 1 amide bonds. The van der Waals surface area contributed by atoms with Crippen molar-refractivity contribution in [3.63, 3.8) is 0 Å². The number of carbonyl (C=O) groups is 2. The first-order valence-corrected chi connectivity index (χ1v) is 11.4. The van der Waals surface area contributed by atoms with E-state index >= 15 is 0 Å². The summed E-state index contributed by atoms with van der Waals surface area (Å²) in [6.45, 7) is 4.58. The van der Waals surface area contributed by atoms with Crippen molar-refractivity contribution in [1.82, 2.24) is 25.4 Å². The van der Waals surface area contributed by atoms with Crippen molar-refractivity contribution in [3.05, 3.63) is 32.1 Å². The Kier molecular flexibility index (Phi) is 7.95. The molecule has 0 radical (unpaired) electrons. The van der Waals surface area contributed by atoms with Crippen LogP contribution in [0.3, 0.4) is 0 Å². The maximum absolute atomic E-state index is 12.5. The molecule has 1 saturated heterocycles. The highest BCUT2D eigenvalue weighted by atomic mass is 35.5. The Morgan fingerprint density at radius 3 is 2.36 bits per heavy atom. The number of amides is 1. The molecule has 1 fully saturated rings. The molecular weight excluding hydrogens is 495 g/mol. The highest BCUT2D eigenvalue weighted by Gasteiger charge is 2.29. The third-order valence-electron chi connectivity index (χ3n) is 4.92. The van der Waals surface area contributed by atoms with Crippen molar-refractivity contribution >= 4 is 51.5 Å². The molecule has 1 aliphatic rings. The third-order valence-corrected chi connectivity index (χ3v) is 6.97. The molecule has 3 aromatic rings. The van der Waals surface area contributed by atoms with Crippen LogP contribution in [-0.2, 0) is 0 Å². The molecular formula is C19H22Cl2N6O5S. The monoisotopic (exact) mass is 516 g/mol. The van der Waals surface area contributed by atoms with Crippen LogP contribution in [0.2, 0.25) is 10.0 Å². The van der Waals surface area contributed by atoms with Crippen molar-refractivity contribution in [2.45, 2.75) is 32.7 Å². The first-order valence-electron chi connectivity index (χ1n) is 9.83. The van der Waals surface area contributed by atoms with Crippen LogP contribution in [0.15, 0.2) is 4.52 Å². The van der Waals surface area contributed by atoms with Gasteiger partial charge in [0.1, 0.15) is 10.6 Å². The molecule has 0 atom stereocenters. The predicted octanol–water partition coefficient (Wildman–Crippen LogP) is 3.15. The summed E-state index contributed by atoms with van der Waals surface area (Å²) >= 11 is 13.2. The van der Waals surface area contributed by atoms with Crippen LogP contribution >= 0.6 is 34.5 Å². The molecule has 0 aliphatic carbocycles. The number of hydrogen-bond donors (Lipinski definition) is 4. The molecule has 4 rings (SSSR count). The van der Waals surface area contributed by atoms with Gasteiger partial charge >= 0.3 is 5.97 Å². The number of nitrogens with one attached hydrogen (secondary N) is 2. The minimum absolute atomic E-state index is 0.0442. The summed E-state index contributed by atoms with van der Waals surface area (Å²) in [7, 11) is 1.00. The van der Waals surface area contributed by atoms with Gasteiger partial charge in [-0.2, -0.15) is 4.98 Å². The zero-order valence-corrected chi connectivity index (χ0v) is 20.3. The lowest BCUT2D eigenvalue weighted by atomic mass is 10.1. The van der Waals surface area contributed by atoms with E-state index in [9.17, 15) is 14.7 Å². The van der Waals surface area contributed by atoms with E-state index in [1.165, 1.54) is 0 Å². The average Bonchev–Trinajstić information content (AvgIpc) is 3.50. The van der Waals surface area contributed by atoms with E-state index in [1.807, 2.05) is 4.90 Å². The van der Waals surface area contributed by atoms with Crippen LogP contribution in [0, 0.1) is 13.8 Å². The normalized spacial score (nSPS) is 14.1. The van der Waals surface area contributed by atoms with Gasteiger partial charge in [-0.3, -0.25) is 4.79 Å². The number of aliphatic hydroxyl groups is 1. The van der Waals surface area contributed by atoms with Gasteiger partial charge in [-0.25, -0.2) is 9.78 Å². The average molecular weight is 517 g/mol. The smallest absolute Gasteiger partial charge is 0.348 e. The van der Waals surface area contributed by atoms with Gasteiger partial charge in [-0.05, 0) is 26.7 Å². The van der Waals surface area contributed by atoms with Gasteiger partial charge in [0.25, 0.3) is 11.8 Å². The number of aliphatic hydroxyl groups excluding tert-OH is 1. The summed E-state index contributed by atoms with van der Waals surface area (Å²) in [4.78, 5) is 37.6. The number of aromatic nitrogens is 4. The number of piperidine rings is 1. The van der Waals surface area contributed by atoms with Crippen LogP contribution in [0.4, 0.5) is 5.13 Å². The van der Waals surface area contributed by atoms with E-state index in [4.69, 9.17) is 32.8 Å². The van der Waals surface area contributed by atoms with Crippen LogP contribution < -0.4 is 10.2 Å². The van der Waals surface area contributed by atoms with E-state index < -0.39 is 5.97 Å². The highest BCUT2D eigenvalue weighted by Crippen LogP contribution is 2.34. The first kappa shape index (κ1) is 25.0. The van der Waals surface area contributed by atoms with Gasteiger partial charge in [0.15, 0.2) is 16.6 Å². The van der Waals surface area contributed by atoms with Gasteiger partial charge in [-0.1, -0.05) is 39.7 Å². The van der Waals surface area contributed by atoms with Gasteiger partial charge in [0, 0.05) is 31.9 Å². The van der Waals surface area contributed by atoms with Crippen molar-refractivity contribution in [3.8, 4) is 11.6 Å². The maximum Gasteiger partial charge on any atom is 0.348 e. The lowest BCUT2D eigenvalue weighted by Crippen LogP contribution is -2.44. The van der Waals surface area contributed by atoms with Crippen LogP contribution in [-0.4, -0.2) is 68.4 Å². The number of rotatable bonds is 5. The molecule has 4 heterocycles. The van der Waals surface area contributed by atoms with E-state index in [-0.39, 0.29) is 39.1 Å². The number of carbonyl (C=O) groups excluding carboxylic acids is 1. The topological polar surface area (TPSA) is 157 Å². The second-order valence-corrected chi connectivity index (χ2v) is 8.85. The molecule has 0 spiro atoms. The Morgan fingerprint density at radius 2 is 1.85 bits per heavy atom. The Balaban J connectivity index is 0.00000149. The predicted molar refractivity (Wildman–Crippen MR) is 123 cm³/mol. The Bertz CT molecular complexity index is 1150. The highest BCUT2D eigenvalue weighted by molar-refractivity contribution is 7.17. The molecule has 3 aromatic heterocycles. The van der Waals surface area contributed by atoms with Crippen molar-refractivity contribution in [2.24, 2.45) is 0 Å². The van der Waals surface area contributed by atoms with Gasteiger partial charge in [0.05, 0.1) is 10.0 Å². The van der Waals surface area contributed by atoms with Crippen LogP contribution in [0.25, 0.3) is 11.6 Å². The summed E-state index contributed by atoms with van der Waals surface area (Å²) in [6, 6.07) is -0.0563. The molecule has 4 N–H and O–H groups in total. The SMILES string of the molecule is CO.Cc1noc(-c2nc(N3CCC(NC(=O)c4[nH]c(C)c(Cl)c4Cl)CC3)sc2C(=O)O)n1. The Hall–Kier alpha value is -2.67. The fourth-order valence-electron chi connectivity index (χ4n) is 3.33. The number of anilines is 1. The summed E-state index contributed by atoms with van der Waals surface area (Å²) in [6.07, 6.45) is 1.32. The molecule has 0 unspecified atom stereocenters. The number of aryl methyl sites for hydroxylation is 2. The standard InChI is InChI=1S/C18H18Cl2N6O4S.CH4O/c1-7-10(19)11(20)12(21-7)15(27)23-9-3-5-26(6-4-9)18-24-13(14(31-18)17(28)29)16-22-8(2)25-30-16;1-2/h9,21H,3-6H2,1-2H3,(H,23,27)(H,28,29);2H,1H3. The quantitative estimate of drug-likeness (QED) is 0.399. The van der Waals surface area contributed by atoms with Gasteiger partial charge < -0.3 is 29.9 Å². The Morgan fingerprint density at radius 1 is 1.18 bits per heavy atom. The van der Waals surface area contributed by atoms with Gasteiger partial charge in [0.2, 0.25) is 0 Å². The van der Waals surface area contributed by atoms with Gasteiger partial charge in [-0.15, -0.1) is 0 Å². The summed E-state index contributed by atoms with van der Waals surface area (Å²) in [5.74, 6) is -0.934. The Labute approximate surface area is 202 Å². The molecule has 178 valence electrons. The fraction of sp³-hybridized carbons (Fsp3) is 0.421. The molecule has 11 nitrogen and oxygen atoms in total. The summed E-state index contributed by atoms with van der Waals surface area (Å²) in [5, 5.41) is 24.3. The number of thiazole rings is 1. The summed E-state index contributed by atoms with van der Waals surface area (Å²) in [5.41, 5.74) is 1.05. The number of carboxylic acids is 1. The maximum atomic E-state index is 12.5.